The minimum absolute atomic E-state index is 0.455. The third-order valence-electron chi connectivity index (χ3n) is 13.8. The van der Waals surface area contributed by atoms with Gasteiger partial charge < -0.3 is 9.13 Å². The first-order valence-electron chi connectivity index (χ1n) is 24.2. The van der Waals surface area contributed by atoms with Gasteiger partial charge in [0.15, 0.2) is 17.5 Å². The molecule has 0 bridgehead atoms. The first-order valence-corrected chi connectivity index (χ1v) is 24.2. The number of fused-ring (bicyclic) bond motifs is 6. The highest BCUT2D eigenvalue weighted by molar-refractivity contribution is 6.10. The second kappa shape index (κ2) is 17.9. The van der Waals surface area contributed by atoms with Gasteiger partial charge in [-0.1, -0.05) is 133 Å². The van der Waals surface area contributed by atoms with E-state index in [2.05, 4.69) is 161 Å². The number of rotatable bonds is 8. The molecule has 0 unspecified atom stereocenters. The molecule has 13 rings (SSSR count). The zero-order valence-electron chi connectivity index (χ0n) is 39.5. The smallest absolute Gasteiger partial charge is 0.164 e. The van der Waals surface area contributed by atoms with Crippen LogP contribution in [-0.4, -0.2) is 24.1 Å². The molecule has 0 amide bonds. The molecule has 0 fully saturated rings. The number of nitrogens with zero attached hydrogens (tertiary/aromatic N) is 8. The van der Waals surface area contributed by atoms with Gasteiger partial charge in [-0.3, -0.25) is 0 Å². The molecule has 0 aliphatic rings. The van der Waals surface area contributed by atoms with E-state index < -0.39 is 0 Å². The van der Waals surface area contributed by atoms with Crippen molar-refractivity contribution < 1.29 is 0 Å². The molecule has 0 aliphatic heterocycles. The molecule has 0 aliphatic carbocycles. The van der Waals surface area contributed by atoms with Gasteiger partial charge in [-0.25, -0.2) is 15.0 Å². The zero-order valence-corrected chi connectivity index (χ0v) is 39.5. The summed E-state index contributed by atoms with van der Waals surface area (Å²) in [7, 11) is 0. The third-order valence-corrected chi connectivity index (χ3v) is 13.8. The first-order chi connectivity index (χ1) is 36.5. The quantitative estimate of drug-likeness (QED) is 0.150. The lowest BCUT2D eigenvalue weighted by molar-refractivity contribution is 1.07. The van der Waals surface area contributed by atoms with Crippen LogP contribution in [0.3, 0.4) is 0 Å². The first kappa shape index (κ1) is 43.3. The number of aromatic nitrogens is 5. The van der Waals surface area contributed by atoms with Crippen molar-refractivity contribution in [3.05, 3.63) is 247 Å². The molecular formula is C66H38N8. The topological polar surface area (TPSA) is 120 Å². The molecule has 8 heteroatoms. The highest BCUT2D eigenvalue weighted by Gasteiger charge is 2.20. The van der Waals surface area contributed by atoms with Crippen LogP contribution in [-0.2, 0) is 0 Å². The second-order valence-corrected chi connectivity index (χ2v) is 18.2. The maximum absolute atomic E-state index is 10.1. The molecular weight excluding hydrogens is 905 g/mol. The third kappa shape index (κ3) is 7.59. The molecule has 3 heterocycles. The van der Waals surface area contributed by atoms with Crippen LogP contribution in [0.25, 0.3) is 123 Å². The number of para-hydroxylation sites is 4. The van der Waals surface area contributed by atoms with Crippen LogP contribution in [0.2, 0.25) is 0 Å². The van der Waals surface area contributed by atoms with Crippen molar-refractivity contribution in [3.8, 4) is 97.1 Å². The van der Waals surface area contributed by atoms with Gasteiger partial charge in [-0.2, -0.15) is 15.8 Å². The summed E-state index contributed by atoms with van der Waals surface area (Å²) in [5.41, 5.74) is 15.5. The summed E-state index contributed by atoms with van der Waals surface area (Å²) in [6.07, 6.45) is 0. The fourth-order valence-corrected chi connectivity index (χ4v) is 10.3. The highest BCUT2D eigenvalue weighted by atomic mass is 15.0. The Hall–Kier alpha value is -10.7. The van der Waals surface area contributed by atoms with Crippen LogP contribution >= 0.6 is 0 Å². The molecule has 3 aromatic heterocycles. The minimum atomic E-state index is 0.455. The fraction of sp³-hybridized carbons (Fsp3) is 0. The summed E-state index contributed by atoms with van der Waals surface area (Å²) in [4.78, 5) is 16.1. The van der Waals surface area contributed by atoms with Crippen LogP contribution in [0.5, 0.6) is 0 Å². The van der Waals surface area contributed by atoms with E-state index in [9.17, 15) is 15.8 Å². The molecule has 0 N–H and O–H groups in total. The predicted octanol–water partition coefficient (Wildman–Crippen LogP) is 15.7. The summed E-state index contributed by atoms with van der Waals surface area (Å²) < 4.78 is 4.57. The van der Waals surface area contributed by atoms with Gasteiger partial charge in [-0.05, 0) is 130 Å². The fourth-order valence-electron chi connectivity index (χ4n) is 10.3. The normalized spacial score (nSPS) is 11.2. The molecule has 13 aromatic rings. The Morgan fingerprint density at radius 2 is 0.595 bits per heavy atom. The van der Waals surface area contributed by atoms with E-state index >= 15 is 0 Å². The molecule has 74 heavy (non-hydrogen) atoms. The van der Waals surface area contributed by atoms with Gasteiger partial charge in [0.05, 0.1) is 57.0 Å². The molecule has 10 aromatic carbocycles. The highest BCUT2D eigenvalue weighted by Crippen LogP contribution is 2.39. The lowest BCUT2D eigenvalue weighted by Gasteiger charge is -2.16. The maximum atomic E-state index is 10.1. The van der Waals surface area contributed by atoms with E-state index in [0.29, 0.717) is 34.2 Å². The van der Waals surface area contributed by atoms with Gasteiger partial charge in [0.1, 0.15) is 0 Å². The average Bonchev–Trinajstić information content (AvgIpc) is 4.00. The molecule has 8 nitrogen and oxygen atoms in total. The molecule has 0 atom stereocenters. The number of hydrogen-bond acceptors (Lipinski definition) is 6. The van der Waals surface area contributed by atoms with Gasteiger partial charge in [0.2, 0.25) is 0 Å². The summed E-state index contributed by atoms with van der Waals surface area (Å²) in [6, 6.07) is 84.5. The Morgan fingerprint density at radius 3 is 0.986 bits per heavy atom. The van der Waals surface area contributed by atoms with Crippen LogP contribution in [0.4, 0.5) is 0 Å². The number of nitriles is 3. The Labute approximate surface area is 425 Å². The predicted molar refractivity (Wildman–Crippen MR) is 295 cm³/mol. The van der Waals surface area contributed by atoms with Crippen LogP contribution in [0, 0.1) is 34.0 Å². The van der Waals surface area contributed by atoms with E-state index in [4.69, 9.17) is 15.0 Å². The van der Waals surface area contributed by atoms with Crippen molar-refractivity contribution in [1.82, 2.24) is 24.1 Å². The summed E-state index contributed by atoms with van der Waals surface area (Å²) >= 11 is 0. The average molecular weight is 943 g/mol. The van der Waals surface area contributed by atoms with Crippen molar-refractivity contribution in [2.45, 2.75) is 0 Å². The van der Waals surface area contributed by atoms with Crippen molar-refractivity contribution in [2.75, 3.05) is 0 Å². The SMILES string of the molecule is N#Cc1ccc(-c2ccc(-c3nc(-c4cc(-c5cccc(C#N)c5)cc(-n5c6ccccc6c6ccccc65)c4)nc(-c4cc(-c5cccc(C#N)c5)cc(-n5c6ccccc6c6ccccc65)c4)n3)cc2)cc1. The lowest BCUT2D eigenvalue weighted by Crippen LogP contribution is -2.03. The zero-order chi connectivity index (χ0) is 49.7. The molecule has 0 saturated heterocycles. The van der Waals surface area contributed by atoms with Gasteiger partial charge in [0, 0.05) is 49.6 Å². The number of hydrogen-bond donors (Lipinski definition) is 0. The Kier molecular flexibility index (Phi) is 10.5. The molecule has 0 radical (unpaired) electrons. The van der Waals surface area contributed by atoms with Crippen molar-refractivity contribution in [3.63, 3.8) is 0 Å². The second-order valence-electron chi connectivity index (χ2n) is 18.2. The van der Waals surface area contributed by atoms with Crippen LogP contribution in [0.15, 0.2) is 231 Å². The van der Waals surface area contributed by atoms with E-state index in [0.717, 1.165) is 105 Å². The molecule has 0 spiro atoms. The lowest BCUT2D eigenvalue weighted by atomic mass is 9.99. The van der Waals surface area contributed by atoms with E-state index in [-0.39, 0.29) is 0 Å². The van der Waals surface area contributed by atoms with E-state index in [1.165, 1.54) is 0 Å². The van der Waals surface area contributed by atoms with Crippen LogP contribution in [0.1, 0.15) is 16.7 Å². The minimum Gasteiger partial charge on any atom is -0.309 e. The van der Waals surface area contributed by atoms with Gasteiger partial charge in [-0.15, -0.1) is 0 Å². The van der Waals surface area contributed by atoms with Crippen molar-refractivity contribution in [2.24, 2.45) is 0 Å². The maximum Gasteiger partial charge on any atom is 0.164 e. The standard InChI is InChI=1S/C66H38N8/c67-39-42-23-25-45(26-24-42)46-27-29-47(30-28-46)64-70-65(52-33-50(48-13-9-11-43(31-48)40-68)35-54(37-52)73-60-19-5-1-15-56(60)57-16-2-6-20-61(57)73)72-66(71-64)53-34-51(49-14-10-12-44(32-49)41-69)36-55(38-53)74-62-21-7-3-17-58(62)59-18-4-8-22-63(59)74/h1-38H. The summed E-state index contributed by atoms with van der Waals surface area (Å²) in [5.74, 6) is 1.38. The van der Waals surface area contributed by atoms with Crippen LogP contribution < -0.4 is 0 Å². The monoisotopic (exact) mass is 942 g/mol. The van der Waals surface area contributed by atoms with Gasteiger partial charge in [0.25, 0.3) is 0 Å². The van der Waals surface area contributed by atoms with E-state index in [1.807, 2.05) is 97.1 Å². The largest absolute Gasteiger partial charge is 0.309 e. The van der Waals surface area contributed by atoms with Crippen molar-refractivity contribution in [1.29, 1.82) is 15.8 Å². The Bertz CT molecular complexity index is 4180. The van der Waals surface area contributed by atoms with Gasteiger partial charge >= 0.3 is 0 Å². The summed E-state index contributed by atoms with van der Waals surface area (Å²) in [5, 5.41) is 34.1. The molecule has 0 saturated carbocycles. The summed E-state index contributed by atoms with van der Waals surface area (Å²) in [6.45, 7) is 0. The number of benzene rings is 10. The van der Waals surface area contributed by atoms with Crippen molar-refractivity contribution >= 4 is 43.6 Å². The molecule has 342 valence electrons. The van der Waals surface area contributed by atoms with E-state index in [1.54, 1.807) is 0 Å². The Morgan fingerprint density at radius 1 is 0.257 bits per heavy atom. The Balaban J connectivity index is 1.08.